The van der Waals surface area contributed by atoms with Crippen molar-refractivity contribution in [2.75, 3.05) is 25.1 Å². The third kappa shape index (κ3) is 4.59. The second-order valence-electron chi connectivity index (χ2n) is 3.23. The zero-order valence-electron chi connectivity index (χ0n) is 9.70. The van der Waals surface area contributed by atoms with Crippen LogP contribution in [0.5, 0.6) is 0 Å². The lowest BCUT2D eigenvalue weighted by Gasteiger charge is -2.18. The zero-order chi connectivity index (χ0) is 11.8. The van der Waals surface area contributed by atoms with Crippen LogP contribution in [0, 0.1) is 5.82 Å². The molecule has 1 N–H and O–H groups in total. The van der Waals surface area contributed by atoms with E-state index in [2.05, 4.69) is 5.32 Å². The smallest absolute Gasteiger partial charge is 0.174 e. The van der Waals surface area contributed by atoms with Crippen molar-refractivity contribution < 1.29 is 13.9 Å². The topological polar surface area (TPSA) is 30.5 Å². The van der Waals surface area contributed by atoms with Crippen molar-refractivity contribution in [3.8, 4) is 0 Å². The van der Waals surface area contributed by atoms with E-state index >= 15 is 0 Å². The lowest BCUT2D eigenvalue weighted by molar-refractivity contribution is -0.126. The molecule has 0 aliphatic rings. The molecule has 0 atom stereocenters. The van der Waals surface area contributed by atoms with Gasteiger partial charge in [-0.05, 0) is 32.0 Å². The number of halogens is 1. The van der Waals surface area contributed by atoms with E-state index in [1.807, 2.05) is 13.8 Å². The Kier molecular flexibility index (Phi) is 5.82. The SMILES string of the molecule is CCOC(CNc1cccc(F)c1)OCC. The second kappa shape index (κ2) is 7.19. The fourth-order valence-electron chi connectivity index (χ4n) is 1.34. The molecule has 0 aromatic heterocycles. The van der Waals surface area contributed by atoms with Gasteiger partial charge in [0.15, 0.2) is 6.29 Å². The highest BCUT2D eigenvalue weighted by Gasteiger charge is 2.07. The summed E-state index contributed by atoms with van der Waals surface area (Å²) >= 11 is 0. The van der Waals surface area contributed by atoms with Gasteiger partial charge >= 0.3 is 0 Å². The molecule has 1 aromatic carbocycles. The predicted molar refractivity (Wildman–Crippen MR) is 61.9 cm³/mol. The lowest BCUT2D eigenvalue weighted by atomic mass is 10.3. The fraction of sp³-hybridized carbons (Fsp3) is 0.500. The Balaban J connectivity index is 2.41. The second-order valence-corrected chi connectivity index (χ2v) is 3.23. The molecule has 1 rings (SSSR count). The van der Waals surface area contributed by atoms with E-state index in [4.69, 9.17) is 9.47 Å². The first kappa shape index (κ1) is 12.9. The molecule has 0 amide bonds. The van der Waals surface area contributed by atoms with Crippen molar-refractivity contribution in [2.24, 2.45) is 0 Å². The monoisotopic (exact) mass is 227 g/mol. The number of benzene rings is 1. The average Bonchev–Trinajstić information content (AvgIpc) is 2.27. The van der Waals surface area contributed by atoms with E-state index in [0.717, 1.165) is 5.69 Å². The molecule has 0 radical (unpaired) electrons. The molecule has 0 saturated carbocycles. The van der Waals surface area contributed by atoms with Gasteiger partial charge in [0, 0.05) is 18.9 Å². The Hall–Kier alpha value is -1.13. The van der Waals surface area contributed by atoms with Crippen LogP contribution in [-0.4, -0.2) is 26.0 Å². The maximum Gasteiger partial charge on any atom is 0.174 e. The number of anilines is 1. The summed E-state index contributed by atoms with van der Waals surface area (Å²) in [7, 11) is 0. The number of hydrogen-bond donors (Lipinski definition) is 1. The molecule has 0 unspecified atom stereocenters. The van der Waals surface area contributed by atoms with E-state index in [1.54, 1.807) is 12.1 Å². The quantitative estimate of drug-likeness (QED) is 0.726. The Morgan fingerprint density at radius 2 is 1.94 bits per heavy atom. The summed E-state index contributed by atoms with van der Waals surface area (Å²) in [6.45, 7) is 5.51. The molecular formula is C12H18FNO2. The number of nitrogens with one attached hydrogen (secondary N) is 1. The summed E-state index contributed by atoms with van der Waals surface area (Å²) in [5.41, 5.74) is 0.726. The summed E-state index contributed by atoms with van der Waals surface area (Å²) < 4.78 is 23.6. The third-order valence-corrected chi connectivity index (χ3v) is 2.00. The standard InChI is InChI=1S/C12H18FNO2/c1-3-15-12(16-4-2)9-14-11-7-5-6-10(13)8-11/h5-8,12,14H,3-4,9H2,1-2H3. The predicted octanol–water partition coefficient (Wildman–Crippen LogP) is 2.64. The van der Waals surface area contributed by atoms with Gasteiger partial charge in [-0.2, -0.15) is 0 Å². The molecule has 1 aromatic rings. The highest BCUT2D eigenvalue weighted by Crippen LogP contribution is 2.09. The van der Waals surface area contributed by atoms with Gasteiger partial charge < -0.3 is 14.8 Å². The van der Waals surface area contributed by atoms with E-state index < -0.39 is 0 Å². The molecular weight excluding hydrogens is 209 g/mol. The van der Waals surface area contributed by atoms with Gasteiger partial charge in [0.05, 0.1) is 6.54 Å². The van der Waals surface area contributed by atoms with E-state index in [0.29, 0.717) is 19.8 Å². The van der Waals surface area contributed by atoms with E-state index in [1.165, 1.54) is 12.1 Å². The van der Waals surface area contributed by atoms with Gasteiger partial charge in [-0.15, -0.1) is 0 Å². The first-order chi connectivity index (χ1) is 7.76. The molecule has 0 aliphatic carbocycles. The van der Waals surface area contributed by atoms with Crippen molar-refractivity contribution in [3.63, 3.8) is 0 Å². The van der Waals surface area contributed by atoms with Crippen LogP contribution in [0.2, 0.25) is 0 Å². The van der Waals surface area contributed by atoms with Crippen molar-refractivity contribution in [2.45, 2.75) is 20.1 Å². The van der Waals surface area contributed by atoms with E-state index in [-0.39, 0.29) is 12.1 Å². The Morgan fingerprint density at radius 3 is 2.50 bits per heavy atom. The van der Waals surface area contributed by atoms with Crippen LogP contribution in [-0.2, 0) is 9.47 Å². The summed E-state index contributed by atoms with van der Waals surface area (Å²) in [5.74, 6) is -0.255. The van der Waals surface area contributed by atoms with Gasteiger partial charge in [-0.25, -0.2) is 4.39 Å². The van der Waals surface area contributed by atoms with Crippen molar-refractivity contribution in [3.05, 3.63) is 30.1 Å². The van der Waals surface area contributed by atoms with Crippen LogP contribution < -0.4 is 5.32 Å². The maximum absolute atomic E-state index is 12.9. The van der Waals surface area contributed by atoms with Gasteiger partial charge in [0.1, 0.15) is 5.82 Å². The Bertz CT molecular complexity index is 301. The average molecular weight is 227 g/mol. The minimum Gasteiger partial charge on any atom is -0.380 e. The van der Waals surface area contributed by atoms with Crippen LogP contribution in [0.4, 0.5) is 10.1 Å². The number of ether oxygens (including phenoxy) is 2. The summed E-state index contributed by atoms with van der Waals surface area (Å²) in [4.78, 5) is 0. The van der Waals surface area contributed by atoms with Crippen LogP contribution in [0.1, 0.15) is 13.8 Å². The molecule has 0 saturated heterocycles. The minimum absolute atomic E-state index is 0.255. The van der Waals surface area contributed by atoms with Crippen LogP contribution in [0.3, 0.4) is 0 Å². The van der Waals surface area contributed by atoms with Gasteiger partial charge in [0.25, 0.3) is 0 Å². The molecule has 16 heavy (non-hydrogen) atoms. The first-order valence-electron chi connectivity index (χ1n) is 5.49. The molecule has 0 heterocycles. The van der Waals surface area contributed by atoms with Gasteiger partial charge in [-0.3, -0.25) is 0 Å². The van der Waals surface area contributed by atoms with Gasteiger partial charge in [-0.1, -0.05) is 6.07 Å². The van der Waals surface area contributed by atoms with E-state index in [9.17, 15) is 4.39 Å². The van der Waals surface area contributed by atoms with Gasteiger partial charge in [0.2, 0.25) is 0 Å². The number of hydrogen-bond acceptors (Lipinski definition) is 3. The van der Waals surface area contributed by atoms with Crippen LogP contribution in [0.15, 0.2) is 24.3 Å². The molecule has 0 fully saturated rings. The largest absolute Gasteiger partial charge is 0.380 e. The molecule has 0 bridgehead atoms. The van der Waals surface area contributed by atoms with Crippen LogP contribution >= 0.6 is 0 Å². The summed E-state index contributed by atoms with van der Waals surface area (Å²) in [5, 5.41) is 3.07. The van der Waals surface area contributed by atoms with Crippen LogP contribution in [0.25, 0.3) is 0 Å². The zero-order valence-corrected chi connectivity index (χ0v) is 9.70. The number of rotatable bonds is 7. The minimum atomic E-state index is -0.293. The summed E-state index contributed by atoms with van der Waals surface area (Å²) in [6.07, 6.45) is -0.293. The van der Waals surface area contributed by atoms with Crippen molar-refractivity contribution in [1.29, 1.82) is 0 Å². The van der Waals surface area contributed by atoms with Crippen molar-refractivity contribution in [1.82, 2.24) is 0 Å². The third-order valence-electron chi connectivity index (χ3n) is 2.00. The Labute approximate surface area is 95.6 Å². The molecule has 4 heteroatoms. The highest BCUT2D eigenvalue weighted by atomic mass is 19.1. The normalized spacial score (nSPS) is 10.8. The lowest BCUT2D eigenvalue weighted by Crippen LogP contribution is -2.26. The highest BCUT2D eigenvalue weighted by molar-refractivity contribution is 5.42. The summed E-state index contributed by atoms with van der Waals surface area (Å²) in [6, 6.07) is 6.31. The Morgan fingerprint density at radius 1 is 1.25 bits per heavy atom. The maximum atomic E-state index is 12.9. The molecule has 0 spiro atoms. The first-order valence-corrected chi connectivity index (χ1v) is 5.49. The molecule has 3 nitrogen and oxygen atoms in total. The van der Waals surface area contributed by atoms with Crippen molar-refractivity contribution >= 4 is 5.69 Å². The molecule has 0 aliphatic heterocycles. The fourth-order valence-corrected chi connectivity index (χ4v) is 1.34. The molecule has 90 valence electrons.